The molecule has 1 aliphatic heterocycles. The molecule has 134 valence electrons. The van der Waals surface area contributed by atoms with Gasteiger partial charge in [-0.25, -0.2) is 0 Å². The van der Waals surface area contributed by atoms with E-state index in [4.69, 9.17) is 9.15 Å². The predicted octanol–water partition coefficient (Wildman–Crippen LogP) is 3.93. The molecule has 0 radical (unpaired) electrons. The first kappa shape index (κ1) is 16.9. The number of para-hydroxylation sites is 1. The average molecular weight is 368 g/mol. The number of carbonyl (C=O) groups is 1. The van der Waals surface area contributed by atoms with E-state index in [1.807, 2.05) is 61.5 Å². The van der Waals surface area contributed by atoms with Gasteiger partial charge >= 0.3 is 0 Å². The van der Waals surface area contributed by atoms with Crippen LogP contribution in [0.1, 0.15) is 27.0 Å². The standard InChI is InChI=1S/C20H20N2O3S/c1-22(2)15(17-8-5-9-24-17)11-21-20(23)18-10-13-12-25-16-7-4-3-6-14(16)19(13)26-18/h3-10,15H,11-12H2,1-2H3,(H,21,23). The molecule has 0 spiro atoms. The molecule has 1 aromatic carbocycles. The van der Waals surface area contributed by atoms with Crippen LogP contribution in [0, 0.1) is 0 Å². The number of fused-ring (bicyclic) bond motifs is 3. The van der Waals surface area contributed by atoms with Crippen molar-refractivity contribution in [1.29, 1.82) is 0 Å². The van der Waals surface area contributed by atoms with E-state index in [9.17, 15) is 4.79 Å². The summed E-state index contributed by atoms with van der Waals surface area (Å²) in [6, 6.07) is 13.7. The number of thiophene rings is 1. The third-order valence-corrected chi connectivity index (χ3v) is 5.71. The van der Waals surface area contributed by atoms with Crippen LogP contribution in [0.2, 0.25) is 0 Å². The van der Waals surface area contributed by atoms with Crippen molar-refractivity contribution >= 4 is 17.2 Å². The van der Waals surface area contributed by atoms with Crippen molar-refractivity contribution < 1.29 is 13.9 Å². The molecule has 0 fully saturated rings. The van der Waals surface area contributed by atoms with E-state index in [0.29, 0.717) is 18.0 Å². The van der Waals surface area contributed by atoms with E-state index < -0.39 is 0 Å². The number of nitrogens with one attached hydrogen (secondary N) is 1. The minimum absolute atomic E-state index is 0.00686. The molecule has 3 aromatic rings. The average Bonchev–Trinajstić information content (AvgIpc) is 3.31. The van der Waals surface area contributed by atoms with Crippen molar-refractivity contribution in [2.24, 2.45) is 0 Å². The second-order valence-corrected chi connectivity index (χ2v) is 7.51. The van der Waals surface area contributed by atoms with Gasteiger partial charge in [0.2, 0.25) is 0 Å². The number of amides is 1. The van der Waals surface area contributed by atoms with E-state index >= 15 is 0 Å². The van der Waals surface area contributed by atoms with Gasteiger partial charge in [0.1, 0.15) is 18.1 Å². The van der Waals surface area contributed by atoms with E-state index in [2.05, 4.69) is 5.32 Å². The van der Waals surface area contributed by atoms with Crippen molar-refractivity contribution in [3.8, 4) is 16.2 Å². The van der Waals surface area contributed by atoms with Gasteiger partial charge in [-0.3, -0.25) is 9.69 Å². The number of hydrogen-bond donors (Lipinski definition) is 1. The first-order valence-electron chi connectivity index (χ1n) is 8.46. The third kappa shape index (κ3) is 3.13. The molecule has 1 amide bonds. The maximum Gasteiger partial charge on any atom is 0.261 e. The second-order valence-electron chi connectivity index (χ2n) is 6.45. The summed E-state index contributed by atoms with van der Waals surface area (Å²) in [6.45, 7) is 0.984. The molecule has 0 saturated carbocycles. The summed E-state index contributed by atoms with van der Waals surface area (Å²) in [7, 11) is 3.94. The third-order valence-electron chi connectivity index (χ3n) is 4.50. The van der Waals surface area contributed by atoms with Crippen LogP contribution in [0.25, 0.3) is 10.4 Å². The van der Waals surface area contributed by atoms with Gasteiger partial charge in [-0.05, 0) is 44.4 Å². The van der Waals surface area contributed by atoms with E-state index in [1.165, 1.54) is 11.3 Å². The minimum atomic E-state index is -0.0692. The maximum absolute atomic E-state index is 12.7. The minimum Gasteiger partial charge on any atom is -0.488 e. The Morgan fingerprint density at radius 2 is 2.12 bits per heavy atom. The summed E-state index contributed by atoms with van der Waals surface area (Å²) < 4.78 is 11.3. The van der Waals surface area contributed by atoms with Gasteiger partial charge in [-0.2, -0.15) is 0 Å². The Morgan fingerprint density at radius 3 is 2.88 bits per heavy atom. The Hall–Kier alpha value is -2.57. The van der Waals surface area contributed by atoms with Crippen molar-refractivity contribution in [3.63, 3.8) is 0 Å². The molecule has 26 heavy (non-hydrogen) atoms. The Labute approximate surface area is 156 Å². The molecule has 4 rings (SSSR count). The lowest BCUT2D eigenvalue weighted by Gasteiger charge is -2.22. The van der Waals surface area contributed by atoms with Crippen molar-refractivity contribution in [1.82, 2.24) is 10.2 Å². The molecular formula is C20H20N2O3S. The van der Waals surface area contributed by atoms with Crippen LogP contribution in [-0.2, 0) is 6.61 Å². The number of carbonyl (C=O) groups excluding carboxylic acids is 1. The fourth-order valence-corrected chi connectivity index (χ4v) is 4.22. The molecule has 1 unspecified atom stereocenters. The number of hydrogen-bond acceptors (Lipinski definition) is 5. The number of nitrogens with zero attached hydrogens (tertiary/aromatic N) is 1. The first-order chi connectivity index (χ1) is 12.6. The highest BCUT2D eigenvalue weighted by molar-refractivity contribution is 7.17. The number of furan rings is 1. The lowest BCUT2D eigenvalue weighted by Crippen LogP contribution is -2.34. The van der Waals surface area contributed by atoms with Gasteiger partial charge in [0.25, 0.3) is 5.91 Å². The van der Waals surface area contributed by atoms with Gasteiger partial charge in [-0.1, -0.05) is 12.1 Å². The predicted molar refractivity (Wildman–Crippen MR) is 102 cm³/mol. The molecule has 5 nitrogen and oxygen atoms in total. The Morgan fingerprint density at radius 1 is 1.27 bits per heavy atom. The van der Waals surface area contributed by atoms with E-state index in [1.54, 1.807) is 6.26 Å². The summed E-state index contributed by atoms with van der Waals surface area (Å²) >= 11 is 1.51. The summed E-state index contributed by atoms with van der Waals surface area (Å²) in [6.07, 6.45) is 1.65. The molecular weight excluding hydrogens is 348 g/mol. The highest BCUT2D eigenvalue weighted by atomic mass is 32.1. The number of benzene rings is 1. The first-order valence-corrected chi connectivity index (χ1v) is 9.28. The second kappa shape index (κ2) is 6.97. The lowest BCUT2D eigenvalue weighted by molar-refractivity contribution is 0.0943. The van der Waals surface area contributed by atoms with Gasteiger partial charge < -0.3 is 14.5 Å². The highest BCUT2D eigenvalue weighted by Gasteiger charge is 2.23. The topological polar surface area (TPSA) is 54.7 Å². The van der Waals surface area contributed by atoms with Crippen LogP contribution in [0.5, 0.6) is 5.75 Å². The zero-order valence-corrected chi connectivity index (χ0v) is 15.5. The lowest BCUT2D eigenvalue weighted by atomic mass is 10.1. The summed E-state index contributed by atoms with van der Waals surface area (Å²) in [5, 5.41) is 3.03. The molecule has 1 N–H and O–H groups in total. The molecule has 0 bridgehead atoms. The van der Waals surface area contributed by atoms with Crippen LogP contribution in [-0.4, -0.2) is 31.4 Å². The van der Waals surface area contributed by atoms with Crippen LogP contribution in [0.15, 0.2) is 53.1 Å². The Bertz CT molecular complexity index is 915. The molecule has 0 saturated heterocycles. The number of likely N-dealkylation sites (N-methyl/N-ethyl adjacent to an activating group) is 1. The monoisotopic (exact) mass is 368 g/mol. The van der Waals surface area contributed by atoms with E-state index in [0.717, 1.165) is 27.5 Å². The molecule has 6 heteroatoms. The van der Waals surface area contributed by atoms with Crippen molar-refractivity contribution in [3.05, 3.63) is 64.9 Å². The van der Waals surface area contributed by atoms with Crippen LogP contribution < -0.4 is 10.1 Å². The quantitative estimate of drug-likeness (QED) is 0.741. The smallest absolute Gasteiger partial charge is 0.261 e. The van der Waals surface area contributed by atoms with Crippen molar-refractivity contribution in [2.75, 3.05) is 20.6 Å². The van der Waals surface area contributed by atoms with Gasteiger partial charge in [0.05, 0.1) is 17.2 Å². The Kier molecular flexibility index (Phi) is 4.53. The zero-order valence-electron chi connectivity index (χ0n) is 14.7. The fraction of sp³-hybridized carbons (Fsp3) is 0.250. The highest BCUT2D eigenvalue weighted by Crippen LogP contribution is 2.42. The summed E-state index contributed by atoms with van der Waals surface area (Å²) in [5.41, 5.74) is 2.12. The van der Waals surface area contributed by atoms with Crippen molar-refractivity contribution in [2.45, 2.75) is 12.6 Å². The van der Waals surface area contributed by atoms with Gasteiger partial charge in [0.15, 0.2) is 0 Å². The fourth-order valence-electron chi connectivity index (χ4n) is 3.11. The maximum atomic E-state index is 12.7. The van der Waals surface area contributed by atoms with Gasteiger partial charge in [0, 0.05) is 22.5 Å². The normalized spacial score (nSPS) is 13.7. The summed E-state index contributed by atoms with van der Waals surface area (Å²) in [4.78, 5) is 16.5. The number of ether oxygens (including phenoxy) is 1. The van der Waals surface area contributed by atoms with Gasteiger partial charge in [-0.15, -0.1) is 11.3 Å². The molecule has 1 atom stereocenters. The largest absolute Gasteiger partial charge is 0.488 e. The molecule has 3 heterocycles. The van der Waals surface area contributed by atoms with Crippen LogP contribution in [0.3, 0.4) is 0 Å². The Balaban J connectivity index is 1.51. The summed E-state index contributed by atoms with van der Waals surface area (Å²) in [5.74, 6) is 1.64. The molecule has 0 aliphatic carbocycles. The molecule has 1 aliphatic rings. The number of rotatable bonds is 5. The van der Waals surface area contributed by atoms with Crippen LogP contribution in [0.4, 0.5) is 0 Å². The SMILES string of the molecule is CN(C)C(CNC(=O)c1cc2c(s1)-c1ccccc1OC2)c1ccco1. The molecule has 2 aromatic heterocycles. The van der Waals surface area contributed by atoms with Crippen LogP contribution >= 0.6 is 11.3 Å². The zero-order chi connectivity index (χ0) is 18.1. The van der Waals surface area contributed by atoms with E-state index in [-0.39, 0.29) is 11.9 Å².